The number of hydrogen-bond acceptors (Lipinski definition) is 6. The number of carbonyl (C=O) groups excluding carboxylic acids is 1. The number of amides is 1. The van der Waals surface area contributed by atoms with E-state index < -0.39 is 11.5 Å². The van der Waals surface area contributed by atoms with E-state index >= 15 is 0 Å². The van der Waals surface area contributed by atoms with Crippen LogP contribution in [0.25, 0.3) is 28.1 Å². The number of halogens is 2. The molecule has 3 aromatic heterocycles. The molecule has 0 radical (unpaired) electrons. The molecule has 1 amide bonds. The van der Waals surface area contributed by atoms with Gasteiger partial charge in [0.2, 0.25) is 5.91 Å². The Morgan fingerprint density at radius 3 is 2.62 bits per heavy atom. The van der Waals surface area contributed by atoms with Crippen molar-refractivity contribution < 1.29 is 9.18 Å². The molecular weight excluding hydrogens is 519 g/mol. The first-order valence-electron chi connectivity index (χ1n) is 12.7. The first-order chi connectivity index (χ1) is 18.7. The molecule has 200 valence electrons. The van der Waals surface area contributed by atoms with E-state index in [1.54, 1.807) is 35.4 Å². The van der Waals surface area contributed by atoms with E-state index in [1.807, 2.05) is 37.8 Å². The molecule has 10 heteroatoms. The predicted octanol–water partition coefficient (Wildman–Crippen LogP) is 4.98. The van der Waals surface area contributed by atoms with Gasteiger partial charge in [-0.3, -0.25) is 4.79 Å². The van der Waals surface area contributed by atoms with Gasteiger partial charge < -0.3 is 9.80 Å². The van der Waals surface area contributed by atoms with Crippen LogP contribution in [0.3, 0.4) is 0 Å². The van der Waals surface area contributed by atoms with E-state index in [0.717, 1.165) is 5.56 Å². The van der Waals surface area contributed by atoms with Crippen LogP contribution in [0.5, 0.6) is 0 Å². The Morgan fingerprint density at radius 1 is 1.15 bits per heavy atom. The van der Waals surface area contributed by atoms with Crippen molar-refractivity contribution in [2.24, 2.45) is 0 Å². The molecule has 4 aromatic rings. The maximum atomic E-state index is 14.8. The second kappa shape index (κ2) is 10.6. The van der Waals surface area contributed by atoms with Gasteiger partial charge in [-0.25, -0.2) is 23.7 Å². The number of pyridine rings is 2. The van der Waals surface area contributed by atoms with Crippen LogP contribution in [0.1, 0.15) is 32.3 Å². The molecular formula is C29H28ClFN6O2. The summed E-state index contributed by atoms with van der Waals surface area (Å²) in [7, 11) is 0. The van der Waals surface area contributed by atoms with Gasteiger partial charge in [-0.15, -0.1) is 0 Å². The second-order valence-corrected chi connectivity index (χ2v) is 10.2. The molecule has 1 aromatic carbocycles. The molecule has 1 aliphatic heterocycles. The predicted molar refractivity (Wildman–Crippen MR) is 151 cm³/mol. The highest BCUT2D eigenvalue weighted by atomic mass is 35.5. The van der Waals surface area contributed by atoms with Crippen molar-refractivity contribution >= 4 is 34.4 Å². The molecule has 39 heavy (non-hydrogen) atoms. The lowest BCUT2D eigenvalue weighted by molar-refractivity contribution is -0.126. The number of rotatable bonds is 5. The van der Waals surface area contributed by atoms with Gasteiger partial charge in [0.15, 0.2) is 5.65 Å². The summed E-state index contributed by atoms with van der Waals surface area (Å²) in [6.45, 7) is 10.9. The Labute approximate surface area is 230 Å². The quantitative estimate of drug-likeness (QED) is 0.328. The lowest BCUT2D eigenvalue weighted by Crippen LogP contribution is -2.54. The Morgan fingerprint density at radius 2 is 1.92 bits per heavy atom. The number of benzene rings is 1. The van der Waals surface area contributed by atoms with Gasteiger partial charge in [-0.2, -0.15) is 4.98 Å². The largest absolute Gasteiger partial charge is 0.357 e. The molecule has 4 heterocycles. The molecule has 1 saturated heterocycles. The monoisotopic (exact) mass is 546 g/mol. The normalized spacial score (nSPS) is 15.7. The minimum Gasteiger partial charge on any atom is -0.350 e. The summed E-state index contributed by atoms with van der Waals surface area (Å²) in [5, 5.41) is 0.745. The van der Waals surface area contributed by atoms with Crippen LogP contribution in [0.15, 0.2) is 66.1 Å². The van der Waals surface area contributed by atoms with Gasteiger partial charge in [0, 0.05) is 37.4 Å². The van der Waals surface area contributed by atoms with Crippen LogP contribution in [-0.2, 0) is 4.79 Å². The SMILES string of the molecule is C=CC(=O)N1CCN(c2nc(=O)n(-c3ncccc3C(C)C)c3nc(-c4ccccc4F)c(Cl)cc23)[C@@H](C)C1. The van der Waals surface area contributed by atoms with Crippen LogP contribution in [-0.4, -0.2) is 56.0 Å². The van der Waals surface area contributed by atoms with Gasteiger partial charge in [0.25, 0.3) is 0 Å². The number of fused-ring (bicyclic) bond motifs is 1. The van der Waals surface area contributed by atoms with Crippen molar-refractivity contribution in [3.8, 4) is 17.1 Å². The standard InChI is InChI=1S/C29H28ClFN6O2/c1-5-24(38)35-13-14-36(18(4)16-35)27-21-15-22(30)25(20-9-6-7-11-23(20)31)33-28(21)37(29(39)34-27)26-19(17(2)3)10-8-12-32-26/h5-12,15,17-18H,1,13-14,16H2,2-4H3/t18-/m0/s1. The molecule has 0 unspecified atom stereocenters. The molecule has 8 nitrogen and oxygen atoms in total. The summed E-state index contributed by atoms with van der Waals surface area (Å²) in [4.78, 5) is 43.5. The number of aromatic nitrogens is 4. The summed E-state index contributed by atoms with van der Waals surface area (Å²) in [5.41, 5.74) is 0.972. The van der Waals surface area contributed by atoms with E-state index in [2.05, 4.69) is 16.5 Å². The van der Waals surface area contributed by atoms with Gasteiger partial charge in [0.1, 0.15) is 17.5 Å². The summed E-state index contributed by atoms with van der Waals surface area (Å²) in [6, 6.07) is 11.5. The zero-order chi connectivity index (χ0) is 27.8. The van der Waals surface area contributed by atoms with Gasteiger partial charge >= 0.3 is 5.69 Å². The highest BCUT2D eigenvalue weighted by Crippen LogP contribution is 2.35. The lowest BCUT2D eigenvalue weighted by atomic mass is 10.0. The summed E-state index contributed by atoms with van der Waals surface area (Å²) in [6.07, 6.45) is 2.91. The zero-order valence-corrected chi connectivity index (χ0v) is 22.7. The molecule has 1 aliphatic rings. The van der Waals surface area contributed by atoms with Gasteiger partial charge in [-0.1, -0.05) is 50.2 Å². The van der Waals surface area contributed by atoms with Crippen LogP contribution in [0.2, 0.25) is 5.02 Å². The van der Waals surface area contributed by atoms with Crippen molar-refractivity contribution in [3.63, 3.8) is 0 Å². The number of carbonyl (C=O) groups is 1. The van der Waals surface area contributed by atoms with E-state index in [1.165, 1.54) is 16.7 Å². The highest BCUT2D eigenvalue weighted by Gasteiger charge is 2.30. The van der Waals surface area contributed by atoms with Crippen LogP contribution in [0, 0.1) is 5.82 Å². The maximum absolute atomic E-state index is 14.8. The first-order valence-corrected chi connectivity index (χ1v) is 13.1. The topological polar surface area (TPSA) is 84.2 Å². The smallest absolute Gasteiger partial charge is 0.350 e. The maximum Gasteiger partial charge on any atom is 0.357 e. The van der Waals surface area contributed by atoms with E-state index in [-0.39, 0.29) is 39.8 Å². The van der Waals surface area contributed by atoms with Crippen LogP contribution >= 0.6 is 11.6 Å². The van der Waals surface area contributed by atoms with Crippen LogP contribution < -0.4 is 10.6 Å². The van der Waals surface area contributed by atoms with E-state index in [9.17, 15) is 14.0 Å². The molecule has 0 spiro atoms. The summed E-state index contributed by atoms with van der Waals surface area (Å²) >= 11 is 6.72. The fraction of sp³-hybridized carbons (Fsp3) is 0.276. The average Bonchev–Trinajstić information content (AvgIpc) is 2.92. The third kappa shape index (κ3) is 4.78. The Bertz CT molecular complexity index is 1650. The number of nitrogens with zero attached hydrogens (tertiary/aromatic N) is 6. The minimum absolute atomic E-state index is 0.0594. The van der Waals surface area contributed by atoms with Gasteiger partial charge in [0.05, 0.1) is 16.1 Å². The van der Waals surface area contributed by atoms with E-state index in [4.69, 9.17) is 16.6 Å². The van der Waals surface area contributed by atoms with Crippen molar-refractivity contribution in [1.82, 2.24) is 24.4 Å². The third-order valence-electron chi connectivity index (χ3n) is 6.97. The van der Waals surface area contributed by atoms with Gasteiger partial charge in [-0.05, 0) is 48.7 Å². The fourth-order valence-corrected chi connectivity index (χ4v) is 5.26. The lowest BCUT2D eigenvalue weighted by Gasteiger charge is -2.40. The number of anilines is 1. The number of piperazine rings is 1. The fourth-order valence-electron chi connectivity index (χ4n) is 5.01. The first kappa shape index (κ1) is 26.5. The second-order valence-electron chi connectivity index (χ2n) is 9.82. The van der Waals surface area contributed by atoms with Crippen molar-refractivity contribution in [1.29, 1.82) is 0 Å². The summed E-state index contributed by atoms with van der Waals surface area (Å²) in [5.74, 6) is 0.243. The van der Waals surface area contributed by atoms with Crippen LogP contribution in [0.4, 0.5) is 10.2 Å². The average molecular weight is 547 g/mol. The Kier molecular flexibility index (Phi) is 7.18. The zero-order valence-electron chi connectivity index (χ0n) is 21.9. The summed E-state index contributed by atoms with van der Waals surface area (Å²) < 4.78 is 16.2. The Balaban J connectivity index is 1.78. The van der Waals surface area contributed by atoms with Crippen molar-refractivity contribution in [2.45, 2.75) is 32.7 Å². The molecule has 1 atom stereocenters. The molecule has 0 N–H and O–H groups in total. The molecule has 0 saturated carbocycles. The number of hydrogen-bond donors (Lipinski definition) is 0. The molecule has 5 rings (SSSR count). The minimum atomic E-state index is -0.566. The molecule has 0 aliphatic carbocycles. The third-order valence-corrected chi connectivity index (χ3v) is 7.26. The highest BCUT2D eigenvalue weighted by molar-refractivity contribution is 6.33. The van der Waals surface area contributed by atoms with E-state index in [0.29, 0.717) is 36.7 Å². The molecule has 0 bridgehead atoms. The van der Waals surface area contributed by atoms with Crippen molar-refractivity contribution in [3.05, 3.63) is 88.2 Å². The molecule has 1 fully saturated rings. The Hall–Kier alpha value is -4.11. The van der Waals surface area contributed by atoms with Crippen molar-refractivity contribution in [2.75, 3.05) is 24.5 Å².